The van der Waals surface area contributed by atoms with Crippen LogP contribution in [0.3, 0.4) is 0 Å². The molecule has 0 spiro atoms. The Balaban J connectivity index is 1.66. The largest absolute Gasteiger partial charge is 0.478 e. The van der Waals surface area contributed by atoms with E-state index in [0.717, 1.165) is 30.3 Å². The van der Waals surface area contributed by atoms with Gasteiger partial charge in [0.15, 0.2) is 0 Å². The third kappa shape index (κ3) is 3.98. The molecule has 0 amide bonds. The molecule has 1 N–H and O–H groups in total. The lowest BCUT2D eigenvalue weighted by atomic mass is 9.78. The van der Waals surface area contributed by atoms with E-state index < -0.39 is 51.5 Å². The maximum absolute atomic E-state index is 14.5. The molecular formula is C22H18F7NO4S. The zero-order valence-electron chi connectivity index (χ0n) is 17.7. The second-order valence-electron chi connectivity index (χ2n) is 8.51. The standard InChI is InChI=1S/C22H18F7NO4S/c23-20(21(24,25)26,22(27,28)29)14-4-7-16-13(11-14)3-8-18-17(16)9-10-30(18)35(33,34)15-5-1-12(2-6-15)19(31)32/h1-2,4-7,11,17-18H,3,8-10H2,(H,31,32)/t17-,18+/m0/s1. The highest BCUT2D eigenvalue weighted by Crippen LogP contribution is 2.54. The minimum absolute atomic E-state index is 0.0416. The number of aryl methyl sites for hydroxylation is 1. The van der Waals surface area contributed by atoms with Crippen LogP contribution in [0.15, 0.2) is 47.4 Å². The average molecular weight is 525 g/mol. The smallest absolute Gasteiger partial charge is 0.435 e. The SMILES string of the molecule is O=C(O)c1ccc(S(=O)(=O)N2CC[C@H]3c4ccc(C(F)(C(F)(F)F)C(F)(F)F)cc4CC[C@H]32)cc1. The van der Waals surface area contributed by atoms with Crippen LogP contribution in [0, 0.1) is 0 Å². The van der Waals surface area contributed by atoms with Gasteiger partial charge in [-0.3, -0.25) is 0 Å². The van der Waals surface area contributed by atoms with E-state index in [0.29, 0.717) is 17.7 Å². The summed E-state index contributed by atoms with van der Waals surface area (Å²) in [6, 6.07) is 6.06. The predicted molar refractivity (Wildman–Crippen MR) is 108 cm³/mol. The van der Waals surface area contributed by atoms with Crippen molar-refractivity contribution in [3.63, 3.8) is 0 Å². The molecule has 13 heteroatoms. The van der Waals surface area contributed by atoms with Crippen LogP contribution in [0.4, 0.5) is 30.7 Å². The van der Waals surface area contributed by atoms with Gasteiger partial charge in [-0.15, -0.1) is 0 Å². The molecule has 5 nitrogen and oxygen atoms in total. The summed E-state index contributed by atoms with van der Waals surface area (Å²) < 4.78 is 121. The van der Waals surface area contributed by atoms with Gasteiger partial charge in [-0.05, 0) is 54.7 Å². The van der Waals surface area contributed by atoms with Crippen molar-refractivity contribution >= 4 is 16.0 Å². The van der Waals surface area contributed by atoms with Crippen LogP contribution in [-0.2, 0) is 22.1 Å². The average Bonchev–Trinajstić information content (AvgIpc) is 3.22. The molecule has 0 unspecified atom stereocenters. The van der Waals surface area contributed by atoms with Gasteiger partial charge in [0.2, 0.25) is 10.0 Å². The molecule has 2 aliphatic rings. The minimum atomic E-state index is -6.22. The lowest BCUT2D eigenvalue weighted by Gasteiger charge is -2.35. The van der Waals surface area contributed by atoms with E-state index in [4.69, 9.17) is 5.11 Å². The maximum atomic E-state index is 14.5. The molecule has 0 radical (unpaired) electrons. The van der Waals surface area contributed by atoms with Crippen molar-refractivity contribution in [3.05, 3.63) is 64.7 Å². The van der Waals surface area contributed by atoms with Gasteiger partial charge in [-0.1, -0.05) is 18.2 Å². The zero-order chi connectivity index (χ0) is 26.0. The number of sulfonamides is 1. The number of carbonyl (C=O) groups is 1. The van der Waals surface area contributed by atoms with Gasteiger partial charge in [0.1, 0.15) is 0 Å². The van der Waals surface area contributed by atoms with Gasteiger partial charge in [0.05, 0.1) is 10.5 Å². The van der Waals surface area contributed by atoms with Crippen molar-refractivity contribution in [1.82, 2.24) is 4.31 Å². The van der Waals surface area contributed by atoms with Gasteiger partial charge in [-0.25, -0.2) is 17.6 Å². The number of aromatic carboxylic acids is 1. The molecule has 1 fully saturated rings. The first kappa shape index (κ1) is 25.4. The van der Waals surface area contributed by atoms with Crippen molar-refractivity contribution < 1.29 is 49.1 Å². The van der Waals surface area contributed by atoms with Crippen LogP contribution >= 0.6 is 0 Å². The van der Waals surface area contributed by atoms with Crippen LogP contribution in [-0.4, -0.2) is 48.7 Å². The van der Waals surface area contributed by atoms with Crippen LogP contribution in [0.2, 0.25) is 0 Å². The summed E-state index contributed by atoms with van der Waals surface area (Å²) in [4.78, 5) is 10.9. The molecule has 0 aromatic heterocycles. The van der Waals surface area contributed by atoms with E-state index >= 15 is 0 Å². The third-order valence-electron chi connectivity index (χ3n) is 6.63. The monoisotopic (exact) mass is 525 g/mol. The summed E-state index contributed by atoms with van der Waals surface area (Å²) in [5.41, 5.74) is -6.69. The van der Waals surface area contributed by atoms with Gasteiger partial charge in [0, 0.05) is 24.1 Å². The molecule has 0 saturated carbocycles. The van der Waals surface area contributed by atoms with Crippen LogP contribution < -0.4 is 0 Å². The summed E-state index contributed by atoms with van der Waals surface area (Å²) in [7, 11) is -4.04. The van der Waals surface area contributed by atoms with Gasteiger partial charge in [-0.2, -0.15) is 30.6 Å². The van der Waals surface area contributed by atoms with E-state index in [1.807, 2.05) is 0 Å². The summed E-state index contributed by atoms with van der Waals surface area (Å²) in [5.74, 6) is -1.72. The number of nitrogens with zero attached hydrogens (tertiary/aromatic N) is 1. The maximum Gasteiger partial charge on any atom is 0.435 e. The number of alkyl halides is 7. The molecule has 1 aliphatic heterocycles. The molecule has 4 rings (SSSR count). The first-order valence-electron chi connectivity index (χ1n) is 10.4. The number of rotatable bonds is 4. The van der Waals surface area contributed by atoms with Crippen LogP contribution in [0.5, 0.6) is 0 Å². The minimum Gasteiger partial charge on any atom is -0.478 e. The molecule has 190 valence electrons. The highest BCUT2D eigenvalue weighted by atomic mass is 32.2. The zero-order valence-corrected chi connectivity index (χ0v) is 18.5. The quantitative estimate of drug-likeness (QED) is 0.560. The predicted octanol–water partition coefficient (Wildman–Crippen LogP) is 5.17. The lowest BCUT2D eigenvalue weighted by molar-refractivity contribution is -0.348. The molecule has 2 aromatic carbocycles. The molecule has 0 bridgehead atoms. The Labute approximate surface area is 195 Å². The summed E-state index contributed by atoms with van der Waals surface area (Å²) in [5, 5.41) is 8.99. The Morgan fingerprint density at radius 2 is 1.51 bits per heavy atom. The number of carboxylic acids is 1. The third-order valence-corrected chi connectivity index (χ3v) is 8.57. The number of carboxylic acid groups (broad SMARTS) is 1. The Morgan fingerprint density at radius 3 is 2.06 bits per heavy atom. The Bertz CT molecular complexity index is 1240. The highest BCUT2D eigenvalue weighted by molar-refractivity contribution is 7.89. The fourth-order valence-corrected chi connectivity index (χ4v) is 6.63. The van der Waals surface area contributed by atoms with E-state index in [2.05, 4.69) is 0 Å². The van der Waals surface area contributed by atoms with Crippen molar-refractivity contribution in [1.29, 1.82) is 0 Å². The van der Waals surface area contributed by atoms with E-state index in [-0.39, 0.29) is 41.8 Å². The van der Waals surface area contributed by atoms with Crippen molar-refractivity contribution in [2.75, 3.05) is 6.54 Å². The molecule has 2 atom stereocenters. The first-order chi connectivity index (χ1) is 16.1. The van der Waals surface area contributed by atoms with Crippen molar-refractivity contribution in [2.24, 2.45) is 0 Å². The molecule has 35 heavy (non-hydrogen) atoms. The fourth-order valence-electron chi connectivity index (χ4n) is 4.93. The Morgan fingerprint density at radius 1 is 0.914 bits per heavy atom. The molecule has 1 saturated heterocycles. The topological polar surface area (TPSA) is 74.7 Å². The number of hydrogen-bond donors (Lipinski definition) is 1. The normalized spacial score (nSPS) is 21.5. The van der Waals surface area contributed by atoms with Gasteiger partial charge < -0.3 is 5.11 Å². The van der Waals surface area contributed by atoms with Crippen molar-refractivity contribution in [2.45, 2.75) is 54.1 Å². The fraction of sp³-hybridized carbons (Fsp3) is 0.409. The van der Waals surface area contributed by atoms with Gasteiger partial charge in [0.25, 0.3) is 0 Å². The molecule has 2 aromatic rings. The summed E-state index contributed by atoms with van der Waals surface area (Å²) >= 11 is 0. The lowest BCUT2D eigenvalue weighted by Crippen LogP contribution is -2.50. The van der Waals surface area contributed by atoms with E-state index in [9.17, 15) is 43.9 Å². The number of hydrogen-bond acceptors (Lipinski definition) is 3. The molecular weight excluding hydrogens is 507 g/mol. The van der Waals surface area contributed by atoms with Gasteiger partial charge >= 0.3 is 24.0 Å². The van der Waals surface area contributed by atoms with Crippen molar-refractivity contribution in [3.8, 4) is 0 Å². The summed E-state index contributed by atoms with van der Waals surface area (Å²) in [6.45, 7) is 0.0533. The Hall–Kier alpha value is -2.67. The van der Waals surface area contributed by atoms with E-state index in [1.54, 1.807) is 0 Å². The molecule has 1 aliphatic carbocycles. The number of fused-ring (bicyclic) bond motifs is 3. The highest BCUT2D eigenvalue weighted by Gasteiger charge is 2.73. The van der Waals surface area contributed by atoms with E-state index in [1.165, 1.54) is 4.31 Å². The van der Waals surface area contributed by atoms with Crippen LogP contribution in [0.25, 0.3) is 0 Å². The van der Waals surface area contributed by atoms with Crippen LogP contribution in [0.1, 0.15) is 45.8 Å². The summed E-state index contributed by atoms with van der Waals surface area (Å²) in [6.07, 6.45) is -12.1. The second-order valence-corrected chi connectivity index (χ2v) is 10.4. The number of halogens is 7. The second kappa shape index (κ2) is 8.19. The molecule has 1 heterocycles. The number of benzene rings is 2. The Kier molecular flexibility index (Phi) is 5.95. The first-order valence-corrected chi connectivity index (χ1v) is 11.8.